The summed E-state index contributed by atoms with van der Waals surface area (Å²) in [6, 6.07) is 7.60. The largest absolute Gasteiger partial charge is 0.468 e. The fourth-order valence-electron chi connectivity index (χ4n) is 1.55. The van der Waals surface area contributed by atoms with Gasteiger partial charge in [0, 0.05) is 16.7 Å². The molecule has 0 unspecified atom stereocenters. The molecule has 0 amide bonds. The van der Waals surface area contributed by atoms with E-state index in [1.165, 1.54) is 14.2 Å². The molecule has 1 aromatic rings. The third kappa shape index (κ3) is 4.90. The van der Waals surface area contributed by atoms with Crippen molar-refractivity contribution >= 4 is 33.6 Å². The van der Waals surface area contributed by atoms with E-state index in [0.717, 1.165) is 10.2 Å². The SMILES string of the molecule is COC(=O)C(CCNc1ccc(Br)cc1)C(=O)OC. The van der Waals surface area contributed by atoms with Crippen LogP contribution >= 0.6 is 15.9 Å². The third-order valence-electron chi connectivity index (χ3n) is 2.58. The van der Waals surface area contributed by atoms with Crippen molar-refractivity contribution in [3.63, 3.8) is 0 Å². The van der Waals surface area contributed by atoms with E-state index in [-0.39, 0.29) is 0 Å². The summed E-state index contributed by atoms with van der Waals surface area (Å²) in [7, 11) is 2.50. The first-order valence-corrected chi connectivity index (χ1v) is 6.53. The van der Waals surface area contributed by atoms with Crippen molar-refractivity contribution in [1.29, 1.82) is 0 Å². The molecule has 0 bridgehead atoms. The summed E-state index contributed by atoms with van der Waals surface area (Å²) in [5.74, 6) is -2.05. The van der Waals surface area contributed by atoms with E-state index >= 15 is 0 Å². The lowest BCUT2D eigenvalue weighted by atomic mass is 10.1. The number of ether oxygens (including phenoxy) is 2. The minimum absolute atomic E-state index is 0.315. The number of carbonyl (C=O) groups excluding carboxylic acids is 2. The fourth-order valence-corrected chi connectivity index (χ4v) is 1.81. The average molecular weight is 330 g/mol. The Morgan fingerprint density at radius 2 is 1.68 bits per heavy atom. The van der Waals surface area contributed by atoms with Crippen molar-refractivity contribution in [2.24, 2.45) is 5.92 Å². The zero-order chi connectivity index (χ0) is 14.3. The molecular weight excluding hydrogens is 314 g/mol. The Kier molecular flexibility index (Phi) is 6.35. The summed E-state index contributed by atoms with van der Waals surface area (Å²) in [5, 5.41) is 3.12. The average Bonchev–Trinajstić information content (AvgIpc) is 2.44. The normalized spacial score (nSPS) is 10.1. The van der Waals surface area contributed by atoms with Crippen molar-refractivity contribution in [2.45, 2.75) is 6.42 Å². The molecule has 1 aromatic carbocycles. The number of nitrogens with one attached hydrogen (secondary N) is 1. The van der Waals surface area contributed by atoms with Gasteiger partial charge in [-0.2, -0.15) is 0 Å². The molecule has 1 N–H and O–H groups in total. The van der Waals surface area contributed by atoms with Crippen molar-refractivity contribution < 1.29 is 19.1 Å². The van der Waals surface area contributed by atoms with Gasteiger partial charge in [-0.25, -0.2) is 0 Å². The highest BCUT2D eigenvalue weighted by atomic mass is 79.9. The summed E-state index contributed by atoms with van der Waals surface area (Å²) in [4.78, 5) is 22.9. The number of hydrogen-bond acceptors (Lipinski definition) is 5. The van der Waals surface area contributed by atoms with E-state index < -0.39 is 17.9 Å². The summed E-state index contributed by atoms with van der Waals surface area (Å²) in [6.45, 7) is 0.469. The molecule has 0 saturated carbocycles. The molecule has 0 aliphatic carbocycles. The molecular formula is C13H16BrNO4. The second-order valence-electron chi connectivity index (χ2n) is 3.82. The topological polar surface area (TPSA) is 64.6 Å². The number of hydrogen-bond donors (Lipinski definition) is 1. The fraction of sp³-hybridized carbons (Fsp3) is 0.385. The molecule has 0 aromatic heterocycles. The maximum Gasteiger partial charge on any atom is 0.320 e. The van der Waals surface area contributed by atoms with E-state index in [0.29, 0.717) is 13.0 Å². The van der Waals surface area contributed by atoms with Gasteiger partial charge in [0.05, 0.1) is 14.2 Å². The molecule has 0 aliphatic heterocycles. The Labute approximate surface area is 120 Å². The quantitative estimate of drug-likeness (QED) is 0.640. The minimum atomic E-state index is -0.891. The minimum Gasteiger partial charge on any atom is -0.468 e. The smallest absolute Gasteiger partial charge is 0.320 e. The van der Waals surface area contributed by atoms with Gasteiger partial charge in [0.2, 0.25) is 0 Å². The molecule has 0 spiro atoms. The van der Waals surface area contributed by atoms with Crippen LogP contribution in [-0.4, -0.2) is 32.7 Å². The van der Waals surface area contributed by atoms with Gasteiger partial charge in [-0.1, -0.05) is 15.9 Å². The van der Waals surface area contributed by atoms with E-state index in [4.69, 9.17) is 0 Å². The van der Waals surface area contributed by atoms with Crippen LogP contribution in [0.15, 0.2) is 28.7 Å². The van der Waals surface area contributed by atoms with Gasteiger partial charge >= 0.3 is 11.9 Å². The summed E-state index contributed by atoms with van der Waals surface area (Å²) < 4.78 is 10.1. The van der Waals surface area contributed by atoms with E-state index in [2.05, 4.69) is 30.7 Å². The summed E-state index contributed by atoms with van der Waals surface area (Å²) in [6.07, 6.45) is 0.315. The third-order valence-corrected chi connectivity index (χ3v) is 3.11. The first kappa shape index (κ1) is 15.5. The molecule has 0 heterocycles. The van der Waals surface area contributed by atoms with Crippen LogP contribution in [0, 0.1) is 5.92 Å². The predicted octanol–water partition coefficient (Wildman–Crippen LogP) is 2.21. The second-order valence-corrected chi connectivity index (χ2v) is 4.74. The van der Waals surface area contributed by atoms with Crippen LogP contribution in [0.3, 0.4) is 0 Å². The first-order chi connectivity index (χ1) is 9.08. The van der Waals surface area contributed by atoms with Crippen molar-refractivity contribution in [2.75, 3.05) is 26.1 Å². The van der Waals surface area contributed by atoms with Gasteiger partial charge in [0.1, 0.15) is 0 Å². The lowest BCUT2D eigenvalue weighted by Crippen LogP contribution is -2.28. The number of anilines is 1. The molecule has 0 radical (unpaired) electrons. The lowest BCUT2D eigenvalue weighted by molar-refractivity contribution is -0.158. The van der Waals surface area contributed by atoms with Crippen molar-refractivity contribution in [3.05, 3.63) is 28.7 Å². The van der Waals surface area contributed by atoms with E-state index in [1.54, 1.807) is 0 Å². The number of methoxy groups -OCH3 is 2. The Hall–Kier alpha value is -1.56. The van der Waals surface area contributed by atoms with Gasteiger partial charge in [-0.05, 0) is 30.7 Å². The zero-order valence-corrected chi connectivity index (χ0v) is 12.4. The van der Waals surface area contributed by atoms with Gasteiger partial charge in [-0.15, -0.1) is 0 Å². The van der Waals surface area contributed by atoms with Crippen LogP contribution in [-0.2, 0) is 19.1 Å². The lowest BCUT2D eigenvalue weighted by Gasteiger charge is -2.13. The molecule has 0 atom stereocenters. The number of rotatable bonds is 6. The van der Waals surface area contributed by atoms with Gasteiger partial charge in [0.15, 0.2) is 5.92 Å². The Morgan fingerprint density at radius 3 is 2.16 bits per heavy atom. The van der Waals surface area contributed by atoms with Crippen LogP contribution < -0.4 is 5.32 Å². The van der Waals surface area contributed by atoms with Crippen LogP contribution in [0.4, 0.5) is 5.69 Å². The standard InChI is InChI=1S/C13H16BrNO4/c1-18-12(16)11(13(17)19-2)7-8-15-10-5-3-9(14)4-6-10/h3-6,11,15H,7-8H2,1-2H3. The van der Waals surface area contributed by atoms with Gasteiger partial charge in [0.25, 0.3) is 0 Å². The van der Waals surface area contributed by atoms with Crippen LogP contribution in [0.25, 0.3) is 0 Å². The number of esters is 2. The molecule has 0 saturated heterocycles. The Bertz CT molecular complexity index is 417. The van der Waals surface area contributed by atoms with Crippen LogP contribution in [0.1, 0.15) is 6.42 Å². The molecule has 5 nitrogen and oxygen atoms in total. The van der Waals surface area contributed by atoms with Gasteiger partial charge < -0.3 is 14.8 Å². The maximum atomic E-state index is 11.4. The number of carbonyl (C=O) groups is 2. The summed E-state index contributed by atoms with van der Waals surface area (Å²) in [5.41, 5.74) is 0.914. The highest BCUT2D eigenvalue weighted by Gasteiger charge is 2.27. The Morgan fingerprint density at radius 1 is 1.16 bits per heavy atom. The Balaban J connectivity index is 2.50. The number of benzene rings is 1. The molecule has 19 heavy (non-hydrogen) atoms. The second kappa shape index (κ2) is 7.78. The summed E-state index contributed by atoms with van der Waals surface area (Å²) >= 11 is 3.34. The highest BCUT2D eigenvalue weighted by molar-refractivity contribution is 9.10. The molecule has 0 aliphatic rings. The maximum absolute atomic E-state index is 11.4. The van der Waals surface area contributed by atoms with Crippen LogP contribution in [0.5, 0.6) is 0 Å². The van der Waals surface area contributed by atoms with Crippen molar-refractivity contribution in [1.82, 2.24) is 0 Å². The van der Waals surface area contributed by atoms with Crippen molar-refractivity contribution in [3.8, 4) is 0 Å². The number of halogens is 1. The first-order valence-electron chi connectivity index (χ1n) is 5.73. The monoisotopic (exact) mass is 329 g/mol. The van der Waals surface area contributed by atoms with E-state index in [1.807, 2.05) is 24.3 Å². The zero-order valence-electron chi connectivity index (χ0n) is 10.8. The highest BCUT2D eigenvalue weighted by Crippen LogP contribution is 2.15. The molecule has 104 valence electrons. The molecule has 6 heteroatoms. The predicted molar refractivity (Wildman–Crippen MR) is 74.8 cm³/mol. The van der Waals surface area contributed by atoms with Gasteiger partial charge in [-0.3, -0.25) is 9.59 Å². The van der Waals surface area contributed by atoms with Crippen LogP contribution in [0.2, 0.25) is 0 Å². The molecule has 1 rings (SSSR count). The van der Waals surface area contributed by atoms with E-state index in [9.17, 15) is 9.59 Å². The molecule has 0 fully saturated rings.